The smallest absolute Gasteiger partial charge is 0.336 e. The number of carbonyl (C=O) groups excluding carboxylic acids is 1. The predicted octanol–water partition coefficient (Wildman–Crippen LogP) is 0.584. The van der Waals surface area contributed by atoms with Crippen LogP contribution in [0.1, 0.15) is 22.0 Å². The zero-order chi connectivity index (χ0) is 10.8. The molecule has 2 N–H and O–H groups in total. The van der Waals surface area contributed by atoms with Gasteiger partial charge in [-0.15, -0.1) is 0 Å². The van der Waals surface area contributed by atoms with Crippen LogP contribution >= 0.6 is 0 Å². The van der Waals surface area contributed by atoms with E-state index in [4.69, 9.17) is 5.11 Å². The minimum atomic E-state index is -1.06. The maximum Gasteiger partial charge on any atom is 0.336 e. The minimum Gasteiger partial charge on any atom is -0.478 e. The van der Waals surface area contributed by atoms with Crippen LogP contribution in [0.3, 0.4) is 0 Å². The van der Waals surface area contributed by atoms with Crippen molar-refractivity contribution in [2.75, 3.05) is 0 Å². The van der Waals surface area contributed by atoms with Gasteiger partial charge in [0.2, 0.25) is 0 Å². The number of hydrogen-bond acceptors (Lipinski definition) is 3. The van der Waals surface area contributed by atoms with Crippen molar-refractivity contribution in [3.8, 4) is 0 Å². The molecular formula is C10H8N2O3. The van der Waals surface area contributed by atoms with Crippen molar-refractivity contribution in [3.05, 3.63) is 35.4 Å². The average molecular weight is 204 g/mol. The Labute approximate surface area is 85.4 Å². The standard InChI is InChI=1S/C10H8N2O3/c13-9-8(11-5-12-9)6-3-1-2-4-7(6)10(14)15/h1-5,8H,(H,14,15)(H,11,12,13). The van der Waals surface area contributed by atoms with Crippen LogP contribution in [0.15, 0.2) is 29.3 Å². The summed E-state index contributed by atoms with van der Waals surface area (Å²) in [6, 6.07) is 5.61. The molecule has 76 valence electrons. The lowest BCUT2D eigenvalue weighted by atomic mass is 10.0. The zero-order valence-corrected chi connectivity index (χ0v) is 7.68. The Bertz CT molecular complexity index is 454. The lowest BCUT2D eigenvalue weighted by Gasteiger charge is -2.08. The molecule has 0 radical (unpaired) electrons. The molecule has 15 heavy (non-hydrogen) atoms. The molecule has 0 bridgehead atoms. The summed E-state index contributed by atoms with van der Waals surface area (Å²) in [5.74, 6) is -1.36. The molecule has 1 unspecified atom stereocenters. The minimum absolute atomic E-state index is 0.108. The van der Waals surface area contributed by atoms with E-state index in [-0.39, 0.29) is 11.5 Å². The second-order valence-corrected chi connectivity index (χ2v) is 3.08. The first-order chi connectivity index (χ1) is 7.20. The van der Waals surface area contributed by atoms with Crippen LogP contribution in [-0.2, 0) is 4.79 Å². The number of rotatable bonds is 2. The topological polar surface area (TPSA) is 78.8 Å². The molecule has 0 aromatic heterocycles. The van der Waals surface area contributed by atoms with Crippen molar-refractivity contribution in [3.63, 3.8) is 0 Å². The van der Waals surface area contributed by atoms with E-state index >= 15 is 0 Å². The van der Waals surface area contributed by atoms with Gasteiger partial charge in [0.1, 0.15) is 0 Å². The summed E-state index contributed by atoms with van der Waals surface area (Å²) in [4.78, 5) is 26.1. The SMILES string of the molecule is O=C(O)c1ccccc1C1N=CNC1=O. The van der Waals surface area contributed by atoms with Gasteiger partial charge in [0.25, 0.3) is 5.91 Å². The molecule has 5 nitrogen and oxygen atoms in total. The highest BCUT2D eigenvalue weighted by Crippen LogP contribution is 2.23. The van der Waals surface area contributed by atoms with E-state index in [1.807, 2.05) is 0 Å². The number of nitrogens with zero attached hydrogens (tertiary/aromatic N) is 1. The summed E-state index contributed by atoms with van der Waals surface area (Å²) >= 11 is 0. The second kappa shape index (κ2) is 3.53. The summed E-state index contributed by atoms with van der Waals surface area (Å²) < 4.78 is 0. The van der Waals surface area contributed by atoms with Gasteiger partial charge in [-0.1, -0.05) is 18.2 Å². The summed E-state index contributed by atoms with van der Waals surface area (Å²) in [6.07, 6.45) is 1.28. The summed E-state index contributed by atoms with van der Waals surface area (Å²) in [5.41, 5.74) is 0.521. The average Bonchev–Trinajstić information content (AvgIpc) is 2.64. The van der Waals surface area contributed by atoms with Crippen molar-refractivity contribution < 1.29 is 14.7 Å². The maximum absolute atomic E-state index is 11.3. The fourth-order valence-electron chi connectivity index (χ4n) is 1.47. The Morgan fingerprint density at radius 1 is 1.40 bits per heavy atom. The van der Waals surface area contributed by atoms with Crippen LogP contribution in [0, 0.1) is 0 Å². The molecule has 0 saturated carbocycles. The largest absolute Gasteiger partial charge is 0.478 e. The van der Waals surface area contributed by atoms with Gasteiger partial charge < -0.3 is 10.4 Å². The molecule has 1 aliphatic rings. The third kappa shape index (κ3) is 1.59. The molecule has 1 atom stereocenters. The van der Waals surface area contributed by atoms with E-state index in [1.54, 1.807) is 18.2 Å². The molecule has 0 fully saturated rings. The van der Waals surface area contributed by atoms with E-state index in [2.05, 4.69) is 10.3 Å². The number of nitrogens with one attached hydrogen (secondary N) is 1. The number of carboxylic acid groups (broad SMARTS) is 1. The predicted molar refractivity (Wildman–Crippen MR) is 52.8 cm³/mol. The van der Waals surface area contributed by atoms with Gasteiger partial charge in [0.15, 0.2) is 6.04 Å². The Hall–Kier alpha value is -2.17. The molecule has 5 heteroatoms. The first-order valence-corrected chi connectivity index (χ1v) is 4.34. The number of aliphatic imine (C=N–C) groups is 1. The Morgan fingerprint density at radius 3 is 2.73 bits per heavy atom. The van der Waals surface area contributed by atoms with Crippen molar-refractivity contribution in [1.29, 1.82) is 0 Å². The van der Waals surface area contributed by atoms with Gasteiger partial charge in [-0.3, -0.25) is 9.79 Å². The monoisotopic (exact) mass is 204 g/mol. The zero-order valence-electron chi connectivity index (χ0n) is 7.68. The summed E-state index contributed by atoms with van der Waals surface area (Å²) in [5, 5.41) is 11.3. The van der Waals surface area contributed by atoms with Crippen molar-refractivity contribution >= 4 is 18.2 Å². The fourth-order valence-corrected chi connectivity index (χ4v) is 1.47. The Morgan fingerprint density at radius 2 is 2.13 bits per heavy atom. The first-order valence-electron chi connectivity index (χ1n) is 4.34. The first kappa shape index (κ1) is 9.39. The van der Waals surface area contributed by atoms with Gasteiger partial charge in [0.05, 0.1) is 11.9 Å². The van der Waals surface area contributed by atoms with Crippen molar-refractivity contribution in [1.82, 2.24) is 5.32 Å². The third-order valence-electron chi connectivity index (χ3n) is 2.16. The summed E-state index contributed by atoms with van der Waals surface area (Å²) in [7, 11) is 0. The third-order valence-corrected chi connectivity index (χ3v) is 2.16. The molecule has 1 amide bonds. The van der Waals surface area contributed by atoms with Crippen LogP contribution in [0.2, 0.25) is 0 Å². The molecule has 1 aliphatic heterocycles. The summed E-state index contributed by atoms with van der Waals surface area (Å²) in [6.45, 7) is 0. The van der Waals surface area contributed by atoms with E-state index < -0.39 is 12.0 Å². The van der Waals surface area contributed by atoms with E-state index in [0.717, 1.165) is 0 Å². The molecular weight excluding hydrogens is 196 g/mol. The van der Waals surface area contributed by atoms with Crippen LogP contribution in [0.25, 0.3) is 0 Å². The molecule has 0 saturated heterocycles. The van der Waals surface area contributed by atoms with Gasteiger partial charge in [0, 0.05) is 5.56 Å². The Balaban J connectivity index is 2.47. The van der Waals surface area contributed by atoms with Crippen LogP contribution in [0.5, 0.6) is 0 Å². The molecule has 2 rings (SSSR count). The molecule has 0 aliphatic carbocycles. The number of benzene rings is 1. The molecule has 1 aromatic carbocycles. The second-order valence-electron chi connectivity index (χ2n) is 3.08. The quantitative estimate of drug-likeness (QED) is 0.739. The van der Waals surface area contributed by atoms with Gasteiger partial charge in [-0.25, -0.2) is 4.79 Å². The number of hydrogen-bond donors (Lipinski definition) is 2. The normalized spacial score (nSPS) is 18.9. The van der Waals surface area contributed by atoms with Gasteiger partial charge in [-0.2, -0.15) is 0 Å². The molecule has 0 spiro atoms. The number of amides is 1. The van der Waals surface area contributed by atoms with Crippen LogP contribution in [-0.4, -0.2) is 23.3 Å². The van der Waals surface area contributed by atoms with Crippen LogP contribution < -0.4 is 5.32 Å². The number of carboxylic acids is 1. The molecule has 1 heterocycles. The maximum atomic E-state index is 11.3. The van der Waals surface area contributed by atoms with E-state index in [9.17, 15) is 9.59 Å². The lowest BCUT2D eigenvalue weighted by Crippen LogP contribution is -2.20. The highest BCUT2D eigenvalue weighted by molar-refractivity contribution is 5.99. The Kier molecular flexibility index (Phi) is 2.21. The van der Waals surface area contributed by atoms with E-state index in [1.165, 1.54) is 12.4 Å². The number of aromatic carboxylic acids is 1. The lowest BCUT2D eigenvalue weighted by molar-refractivity contribution is -0.120. The number of carbonyl (C=O) groups is 2. The van der Waals surface area contributed by atoms with Crippen molar-refractivity contribution in [2.24, 2.45) is 4.99 Å². The van der Waals surface area contributed by atoms with Gasteiger partial charge in [-0.05, 0) is 6.07 Å². The van der Waals surface area contributed by atoms with Crippen LogP contribution in [0.4, 0.5) is 0 Å². The highest BCUT2D eigenvalue weighted by atomic mass is 16.4. The van der Waals surface area contributed by atoms with E-state index in [0.29, 0.717) is 5.56 Å². The fraction of sp³-hybridized carbons (Fsp3) is 0.100. The van der Waals surface area contributed by atoms with Gasteiger partial charge >= 0.3 is 5.97 Å². The molecule has 1 aromatic rings. The highest BCUT2D eigenvalue weighted by Gasteiger charge is 2.26. The van der Waals surface area contributed by atoms with Crippen molar-refractivity contribution in [2.45, 2.75) is 6.04 Å².